The van der Waals surface area contributed by atoms with Crippen LogP contribution >= 0.6 is 15.4 Å². The molecule has 0 bridgehead atoms. The summed E-state index contributed by atoms with van der Waals surface area (Å²) < 4.78 is 28.9. The van der Waals surface area contributed by atoms with Gasteiger partial charge in [-0.15, -0.1) is 0 Å². The first kappa shape index (κ1) is 12.3. The zero-order chi connectivity index (χ0) is 9.83. The number of phosphoric acid groups is 1. The minimum absolute atomic E-state index is 1.04. The van der Waals surface area contributed by atoms with Crippen molar-refractivity contribution in [3.05, 3.63) is 0 Å². The normalized spacial score (nSPS) is 17.3. The summed E-state index contributed by atoms with van der Waals surface area (Å²) in [7, 11) is -3.48. The van der Waals surface area contributed by atoms with Gasteiger partial charge in [0.1, 0.15) is 0 Å². The molecule has 0 aliphatic rings. The van der Waals surface area contributed by atoms with Crippen molar-refractivity contribution < 1.29 is 27.3 Å². The monoisotopic (exact) mass is 218 g/mol. The molecule has 0 radical (unpaired) electrons. The molecule has 0 rings (SSSR count). The smallest absolute Gasteiger partial charge is 0.320 e. The van der Waals surface area contributed by atoms with E-state index in [1.807, 2.05) is 0 Å². The molecule has 0 saturated carbocycles. The highest BCUT2D eigenvalue weighted by molar-refractivity contribution is 7.68. The van der Waals surface area contributed by atoms with Crippen molar-refractivity contribution in [3.8, 4) is 0 Å². The van der Waals surface area contributed by atoms with Crippen molar-refractivity contribution in [2.24, 2.45) is 0 Å². The van der Waals surface area contributed by atoms with Gasteiger partial charge in [0.2, 0.25) is 0 Å². The first-order valence-electron chi connectivity index (χ1n) is 2.84. The van der Waals surface area contributed by atoms with E-state index in [-0.39, 0.29) is 0 Å². The highest BCUT2D eigenvalue weighted by Crippen LogP contribution is 2.61. The van der Waals surface area contributed by atoms with E-state index < -0.39 is 15.4 Å². The number of hydrogen-bond acceptors (Lipinski definition) is 5. The molecule has 0 aliphatic heterocycles. The van der Waals surface area contributed by atoms with Gasteiger partial charge in [-0.05, 0) is 6.30 Å². The molecule has 74 valence electrons. The van der Waals surface area contributed by atoms with E-state index in [2.05, 4.69) is 24.2 Å². The first-order valence-corrected chi connectivity index (χ1v) is 6.06. The Labute approximate surface area is 71.2 Å². The van der Waals surface area contributed by atoms with Crippen molar-refractivity contribution in [1.82, 2.24) is 0 Å². The zero-order valence-electron chi connectivity index (χ0n) is 7.09. The largest absolute Gasteiger partial charge is 0.478 e. The molecule has 8 heteroatoms. The van der Waals surface area contributed by atoms with Crippen molar-refractivity contribution in [2.75, 3.05) is 21.3 Å². The molecule has 0 heterocycles. The van der Waals surface area contributed by atoms with Gasteiger partial charge >= 0.3 is 7.82 Å². The number of phosphoric ester groups is 1. The third-order valence-corrected chi connectivity index (χ3v) is 4.41. The second-order valence-corrected chi connectivity index (χ2v) is 5.62. The van der Waals surface area contributed by atoms with Crippen LogP contribution in [0.2, 0.25) is 0 Å². The maximum atomic E-state index is 10.9. The van der Waals surface area contributed by atoms with Crippen molar-refractivity contribution >= 4 is 21.7 Å². The quantitative estimate of drug-likeness (QED) is 0.699. The van der Waals surface area contributed by atoms with Gasteiger partial charge in [-0.25, -0.2) is 8.88 Å². The van der Waals surface area contributed by atoms with Gasteiger partial charge < -0.3 is 13.9 Å². The number of hydrogen-bond donors (Lipinski definition) is 1. The van der Waals surface area contributed by atoms with Crippen LogP contribution in [-0.4, -0.2) is 32.5 Å². The molecule has 1 atom stereocenters. The van der Waals surface area contributed by atoms with E-state index in [1.165, 1.54) is 14.2 Å². The third kappa shape index (κ3) is 3.83. The summed E-state index contributed by atoms with van der Waals surface area (Å²) in [5.41, 5.74) is 0. The average Bonchev–Trinajstić information content (AvgIpc) is 2.04. The highest BCUT2D eigenvalue weighted by atomic mass is 31.3. The fourth-order valence-electron chi connectivity index (χ4n) is 0.332. The average molecular weight is 218 g/mol. The maximum absolute atomic E-state index is 10.9. The van der Waals surface area contributed by atoms with Crippen LogP contribution in [0.5, 0.6) is 0 Å². The molecule has 1 unspecified atom stereocenters. The molecule has 0 spiro atoms. The summed E-state index contributed by atoms with van der Waals surface area (Å²) in [6.45, 7) is 0. The van der Waals surface area contributed by atoms with Crippen LogP contribution in [0.25, 0.3) is 0 Å². The lowest BCUT2D eigenvalue weighted by atomic mass is 11.8. The molecule has 6 nitrogen and oxygen atoms in total. The molecule has 0 aromatic rings. The van der Waals surface area contributed by atoms with Crippen LogP contribution in [0.15, 0.2) is 0 Å². The second-order valence-electron chi connectivity index (χ2n) is 1.71. The van der Waals surface area contributed by atoms with Gasteiger partial charge in [0.05, 0.1) is 0 Å². The van der Waals surface area contributed by atoms with E-state index in [1.54, 1.807) is 0 Å². The van der Waals surface area contributed by atoms with Crippen LogP contribution in [0.4, 0.5) is 0 Å². The molecule has 0 amide bonds. The summed E-state index contributed by atoms with van der Waals surface area (Å²) in [6.07, 6.45) is 3.37. The van der Waals surface area contributed by atoms with Gasteiger partial charge in [0, 0.05) is 21.3 Å². The van der Waals surface area contributed by atoms with E-state index in [4.69, 9.17) is 4.89 Å². The van der Waals surface area contributed by atoms with Gasteiger partial charge in [-0.1, -0.05) is 0 Å². The Morgan fingerprint density at radius 3 is 1.83 bits per heavy atom. The molecule has 0 aliphatic carbocycles. The van der Waals surface area contributed by atoms with Crippen molar-refractivity contribution in [3.63, 3.8) is 0 Å². The van der Waals surface area contributed by atoms with Crippen LogP contribution in [0.1, 0.15) is 0 Å². The molecule has 0 saturated heterocycles. The SMILES string of the molecule is C=P(OC)(OC)OP(=O)(O)OC. The molecular weight excluding hydrogens is 206 g/mol. The molecule has 1 N–H and O–H groups in total. The van der Waals surface area contributed by atoms with E-state index in [0.717, 1.165) is 7.11 Å². The van der Waals surface area contributed by atoms with E-state index in [9.17, 15) is 4.57 Å². The van der Waals surface area contributed by atoms with Crippen LogP contribution in [0, 0.1) is 0 Å². The Morgan fingerprint density at radius 1 is 1.17 bits per heavy atom. The summed E-state index contributed by atoms with van der Waals surface area (Å²) >= 11 is 0. The predicted molar refractivity (Wildman–Crippen MR) is 46.0 cm³/mol. The Bertz CT molecular complexity index is 218. The van der Waals surface area contributed by atoms with Crippen molar-refractivity contribution in [2.45, 2.75) is 0 Å². The Morgan fingerprint density at radius 2 is 1.58 bits per heavy atom. The molecule has 12 heavy (non-hydrogen) atoms. The van der Waals surface area contributed by atoms with Crippen molar-refractivity contribution in [1.29, 1.82) is 0 Å². The Balaban J connectivity index is 4.42. The Hall–Kier alpha value is 0.330. The predicted octanol–water partition coefficient (Wildman–Crippen LogP) is 1.24. The standard InChI is InChI=1S/C4H12O6P2/c1-7-11(4,8-2)10-12(5,6)9-3/h4H2,1-3H3,(H,5,6). The summed E-state index contributed by atoms with van der Waals surface area (Å²) in [5.74, 6) is 0. The second kappa shape index (κ2) is 4.53. The zero-order valence-corrected chi connectivity index (χ0v) is 8.88. The minimum Gasteiger partial charge on any atom is -0.320 e. The molecule has 0 aromatic heterocycles. The molecule has 0 fully saturated rings. The lowest BCUT2D eigenvalue weighted by Gasteiger charge is -2.21. The lowest BCUT2D eigenvalue weighted by Crippen LogP contribution is -1.95. The fraction of sp³-hybridized carbons (Fsp3) is 0.750. The first-order chi connectivity index (χ1) is 5.39. The minimum atomic E-state index is -4.09. The van der Waals surface area contributed by atoms with Gasteiger partial charge in [0.25, 0.3) is 7.57 Å². The molecular formula is C4H12O6P2. The van der Waals surface area contributed by atoms with Gasteiger partial charge in [-0.2, -0.15) is 0 Å². The maximum Gasteiger partial charge on any atom is 0.478 e. The van der Waals surface area contributed by atoms with E-state index in [0.29, 0.717) is 0 Å². The lowest BCUT2D eigenvalue weighted by molar-refractivity contribution is 0.204. The van der Waals surface area contributed by atoms with Gasteiger partial charge in [0.15, 0.2) is 0 Å². The third-order valence-electron chi connectivity index (χ3n) is 1.01. The Kier molecular flexibility index (Phi) is 4.66. The summed E-state index contributed by atoms with van der Waals surface area (Å²) in [4.78, 5) is 8.86. The van der Waals surface area contributed by atoms with Crippen LogP contribution < -0.4 is 0 Å². The summed E-state index contributed by atoms with van der Waals surface area (Å²) in [6, 6.07) is 0. The summed E-state index contributed by atoms with van der Waals surface area (Å²) in [5, 5.41) is 0. The van der Waals surface area contributed by atoms with Crippen LogP contribution in [0.3, 0.4) is 0 Å². The van der Waals surface area contributed by atoms with Gasteiger partial charge in [-0.3, -0.25) is 4.52 Å². The topological polar surface area (TPSA) is 74.2 Å². The van der Waals surface area contributed by atoms with E-state index >= 15 is 0 Å². The fourth-order valence-corrected chi connectivity index (χ4v) is 2.54. The highest BCUT2D eigenvalue weighted by Gasteiger charge is 2.28. The number of rotatable bonds is 5. The molecule has 0 aromatic carbocycles. The van der Waals surface area contributed by atoms with Crippen LogP contribution in [-0.2, 0) is 22.4 Å².